The summed E-state index contributed by atoms with van der Waals surface area (Å²) < 4.78 is 2.89. The fourth-order valence-electron chi connectivity index (χ4n) is 3.47. The van der Waals surface area contributed by atoms with Crippen LogP contribution in [0.25, 0.3) is 0 Å². The zero-order valence-electron chi connectivity index (χ0n) is 12.9. The Bertz CT molecular complexity index is 397. The van der Waals surface area contributed by atoms with Crippen molar-refractivity contribution < 1.29 is 0 Å². The van der Waals surface area contributed by atoms with Crippen molar-refractivity contribution in [2.45, 2.75) is 51.9 Å². The van der Waals surface area contributed by atoms with Gasteiger partial charge in [0.15, 0.2) is 4.60 Å². The predicted octanol–water partition coefficient (Wildman–Crippen LogP) is 3.49. The molecule has 4 nitrogen and oxygen atoms in total. The van der Waals surface area contributed by atoms with E-state index in [1.54, 1.807) is 0 Å². The summed E-state index contributed by atoms with van der Waals surface area (Å²) in [6.45, 7) is 6.77. The van der Waals surface area contributed by atoms with Crippen LogP contribution in [0.4, 0.5) is 0 Å². The van der Waals surface area contributed by atoms with Crippen molar-refractivity contribution in [3.8, 4) is 0 Å². The lowest BCUT2D eigenvalue weighted by atomic mass is 9.72. The van der Waals surface area contributed by atoms with Gasteiger partial charge >= 0.3 is 0 Å². The maximum absolute atomic E-state index is 4.18. The lowest BCUT2D eigenvalue weighted by Gasteiger charge is -2.36. The molecule has 5 heteroatoms. The number of aromatic nitrogens is 3. The van der Waals surface area contributed by atoms with E-state index >= 15 is 0 Å². The van der Waals surface area contributed by atoms with Gasteiger partial charge in [-0.15, -0.1) is 5.10 Å². The maximum atomic E-state index is 4.18. The summed E-state index contributed by atoms with van der Waals surface area (Å²) in [6.07, 6.45) is 6.45. The van der Waals surface area contributed by atoms with Crippen molar-refractivity contribution in [3.05, 3.63) is 10.3 Å². The average Bonchev–Trinajstić information content (AvgIpc) is 2.79. The van der Waals surface area contributed by atoms with Gasteiger partial charge in [0.2, 0.25) is 0 Å². The fourth-order valence-corrected chi connectivity index (χ4v) is 4.09. The Morgan fingerprint density at radius 3 is 2.75 bits per heavy atom. The van der Waals surface area contributed by atoms with Crippen LogP contribution in [-0.2, 0) is 7.05 Å². The molecule has 0 spiro atoms. The number of halogens is 1. The van der Waals surface area contributed by atoms with Crippen LogP contribution < -0.4 is 5.32 Å². The van der Waals surface area contributed by atoms with Crippen molar-refractivity contribution in [2.24, 2.45) is 18.9 Å². The Labute approximate surface area is 130 Å². The van der Waals surface area contributed by atoms with Gasteiger partial charge in [-0.2, -0.15) is 0 Å². The highest BCUT2D eigenvalue weighted by atomic mass is 79.9. The minimum atomic E-state index is 0.576. The fraction of sp³-hybridized carbons (Fsp3) is 0.867. The first-order valence-corrected chi connectivity index (χ1v) is 8.72. The van der Waals surface area contributed by atoms with Crippen LogP contribution in [0.5, 0.6) is 0 Å². The van der Waals surface area contributed by atoms with E-state index in [9.17, 15) is 0 Å². The van der Waals surface area contributed by atoms with Crippen LogP contribution >= 0.6 is 15.9 Å². The molecule has 2 rings (SSSR count). The van der Waals surface area contributed by atoms with Gasteiger partial charge in [0, 0.05) is 13.0 Å². The smallest absolute Gasteiger partial charge is 0.151 e. The number of aryl methyl sites for hydroxylation is 1. The summed E-state index contributed by atoms with van der Waals surface area (Å²) >= 11 is 3.59. The predicted molar refractivity (Wildman–Crippen MR) is 85.7 cm³/mol. The molecule has 1 aliphatic rings. The Hall–Kier alpha value is -0.420. The highest BCUT2D eigenvalue weighted by Gasteiger charge is 2.34. The van der Waals surface area contributed by atoms with Crippen molar-refractivity contribution in [2.75, 3.05) is 13.1 Å². The van der Waals surface area contributed by atoms with E-state index in [-0.39, 0.29) is 0 Å². The quantitative estimate of drug-likeness (QED) is 0.804. The number of nitrogens with zero attached hydrogens (tertiary/aromatic N) is 3. The van der Waals surface area contributed by atoms with Gasteiger partial charge < -0.3 is 5.32 Å². The highest BCUT2D eigenvalue weighted by molar-refractivity contribution is 9.10. The molecule has 20 heavy (non-hydrogen) atoms. The molecule has 1 N–H and O–H groups in total. The third-order valence-corrected chi connectivity index (χ3v) is 5.26. The molecule has 1 aromatic rings. The van der Waals surface area contributed by atoms with Gasteiger partial charge in [-0.3, -0.25) is 4.68 Å². The molecule has 114 valence electrons. The van der Waals surface area contributed by atoms with Gasteiger partial charge in [0.25, 0.3) is 0 Å². The topological polar surface area (TPSA) is 42.7 Å². The van der Waals surface area contributed by atoms with Crippen molar-refractivity contribution in [3.63, 3.8) is 0 Å². The maximum Gasteiger partial charge on any atom is 0.151 e. The van der Waals surface area contributed by atoms with E-state index < -0.39 is 0 Å². The van der Waals surface area contributed by atoms with E-state index in [0.717, 1.165) is 23.6 Å². The molecule has 1 fully saturated rings. The lowest BCUT2D eigenvalue weighted by molar-refractivity contribution is 0.218. The molecule has 0 saturated heterocycles. The minimum absolute atomic E-state index is 0.576. The second-order valence-electron chi connectivity index (χ2n) is 6.05. The third-order valence-electron chi connectivity index (χ3n) is 4.69. The zero-order chi connectivity index (χ0) is 14.5. The van der Waals surface area contributed by atoms with E-state index in [1.807, 2.05) is 11.7 Å². The van der Waals surface area contributed by atoms with Gasteiger partial charge in [-0.05, 0) is 60.1 Å². The average molecular weight is 343 g/mol. The lowest BCUT2D eigenvalue weighted by Crippen LogP contribution is -2.33. The van der Waals surface area contributed by atoms with Crippen LogP contribution in [0.2, 0.25) is 0 Å². The first kappa shape index (κ1) is 16.0. The first-order valence-electron chi connectivity index (χ1n) is 7.93. The summed E-state index contributed by atoms with van der Waals surface area (Å²) in [4.78, 5) is 0. The molecule has 1 aromatic heterocycles. The van der Waals surface area contributed by atoms with E-state index in [0.29, 0.717) is 11.8 Å². The van der Waals surface area contributed by atoms with Gasteiger partial charge in [0.1, 0.15) is 0 Å². The summed E-state index contributed by atoms with van der Waals surface area (Å²) in [5.41, 5.74) is 1.28. The highest BCUT2D eigenvalue weighted by Crippen LogP contribution is 2.42. The number of hydrogen-bond donors (Lipinski definition) is 1. The second kappa shape index (κ2) is 7.55. The van der Waals surface area contributed by atoms with Gasteiger partial charge in [-0.1, -0.05) is 31.9 Å². The molecule has 3 unspecified atom stereocenters. The molecule has 0 aromatic carbocycles. The van der Waals surface area contributed by atoms with Crippen molar-refractivity contribution in [1.82, 2.24) is 20.3 Å². The van der Waals surface area contributed by atoms with E-state index in [1.165, 1.54) is 37.8 Å². The normalized spacial score (nSPS) is 26.9. The van der Waals surface area contributed by atoms with Crippen LogP contribution in [-0.4, -0.2) is 28.1 Å². The first-order chi connectivity index (χ1) is 9.67. The summed E-state index contributed by atoms with van der Waals surface area (Å²) in [6, 6.07) is 0. The SMILES string of the molecule is CCCNCC1CCC(CC)CC1c1c(Br)nnn1C. The molecule has 0 aliphatic heterocycles. The summed E-state index contributed by atoms with van der Waals surface area (Å²) in [5, 5.41) is 12.0. The van der Waals surface area contributed by atoms with Crippen molar-refractivity contribution >= 4 is 15.9 Å². The van der Waals surface area contributed by atoms with Crippen LogP contribution in [0, 0.1) is 11.8 Å². The van der Waals surface area contributed by atoms with E-state index in [2.05, 4.69) is 45.4 Å². The summed E-state index contributed by atoms with van der Waals surface area (Å²) in [7, 11) is 2.01. The third kappa shape index (κ3) is 3.61. The number of hydrogen-bond acceptors (Lipinski definition) is 3. The molecular weight excluding hydrogens is 316 g/mol. The van der Waals surface area contributed by atoms with Crippen LogP contribution in [0.3, 0.4) is 0 Å². The molecule has 1 saturated carbocycles. The van der Waals surface area contributed by atoms with Crippen molar-refractivity contribution in [1.29, 1.82) is 0 Å². The number of rotatable bonds is 6. The Balaban J connectivity index is 2.13. The molecule has 1 heterocycles. The molecule has 0 radical (unpaired) electrons. The molecule has 1 aliphatic carbocycles. The Morgan fingerprint density at radius 1 is 1.35 bits per heavy atom. The Kier molecular flexibility index (Phi) is 6.02. The Morgan fingerprint density at radius 2 is 2.15 bits per heavy atom. The molecular formula is C15H27BrN4. The molecule has 0 amide bonds. The summed E-state index contributed by atoms with van der Waals surface area (Å²) in [5.74, 6) is 2.13. The molecule has 3 atom stereocenters. The monoisotopic (exact) mass is 342 g/mol. The zero-order valence-corrected chi connectivity index (χ0v) is 14.5. The number of nitrogens with one attached hydrogen (secondary N) is 1. The largest absolute Gasteiger partial charge is 0.316 e. The standard InChI is InChI=1S/C15H27BrN4/c1-4-8-17-10-12-7-6-11(5-2)9-13(12)14-15(16)18-19-20(14)3/h11-13,17H,4-10H2,1-3H3. The molecule has 0 bridgehead atoms. The van der Waals surface area contributed by atoms with E-state index in [4.69, 9.17) is 0 Å². The second-order valence-corrected chi connectivity index (χ2v) is 6.80. The van der Waals surface area contributed by atoms with Gasteiger partial charge in [-0.25, -0.2) is 0 Å². The minimum Gasteiger partial charge on any atom is -0.316 e. The van der Waals surface area contributed by atoms with Gasteiger partial charge in [0.05, 0.1) is 5.69 Å². The van der Waals surface area contributed by atoms with Crippen LogP contribution in [0.15, 0.2) is 4.60 Å². The van der Waals surface area contributed by atoms with Crippen LogP contribution in [0.1, 0.15) is 57.6 Å².